The van der Waals surface area contributed by atoms with Crippen LogP contribution in [0.15, 0.2) is 24.9 Å². The van der Waals surface area contributed by atoms with Gasteiger partial charge in [-0.05, 0) is 12.5 Å². The van der Waals surface area contributed by atoms with Crippen LogP contribution < -0.4 is 5.32 Å². The number of rotatable bonds is 6. The molecule has 0 aliphatic heterocycles. The van der Waals surface area contributed by atoms with Crippen molar-refractivity contribution in [3.8, 4) is 0 Å². The van der Waals surface area contributed by atoms with Gasteiger partial charge in [0.1, 0.15) is 0 Å². The van der Waals surface area contributed by atoms with Gasteiger partial charge in [-0.1, -0.05) is 25.7 Å². The molecule has 0 bridgehead atoms. The van der Waals surface area contributed by atoms with E-state index >= 15 is 0 Å². The van der Waals surface area contributed by atoms with Gasteiger partial charge in [-0.3, -0.25) is 4.79 Å². The van der Waals surface area contributed by atoms with Crippen molar-refractivity contribution >= 4 is 14.0 Å². The largest absolute Gasteiger partial charge is 0.353 e. The Balaban J connectivity index is 3.51. The second-order valence-corrected chi connectivity index (χ2v) is 8.68. The van der Waals surface area contributed by atoms with Gasteiger partial charge in [0.05, 0.1) is 8.07 Å². The van der Waals surface area contributed by atoms with Gasteiger partial charge in [0.15, 0.2) is 0 Å². The zero-order chi connectivity index (χ0) is 10.3. The van der Waals surface area contributed by atoms with E-state index in [1.165, 1.54) is 12.1 Å². The van der Waals surface area contributed by atoms with Crippen LogP contribution in [0.2, 0.25) is 19.1 Å². The Bertz CT molecular complexity index is 199. The van der Waals surface area contributed by atoms with Crippen molar-refractivity contribution in [1.29, 1.82) is 0 Å². The third-order valence-electron chi connectivity index (χ3n) is 2.04. The summed E-state index contributed by atoms with van der Waals surface area (Å²) in [6.07, 6.45) is 2.33. The molecule has 0 aromatic carbocycles. The molecule has 0 aliphatic rings. The molecule has 74 valence electrons. The van der Waals surface area contributed by atoms with Crippen LogP contribution in [0.25, 0.3) is 0 Å². The van der Waals surface area contributed by atoms with E-state index in [9.17, 15) is 4.79 Å². The standard InChI is InChI=1S/C10H19NOSi/c1-5-10(12)11-8-7-9-13(3,4)6-2/h5-6H,1-2,7-9H2,3-4H3,(H,11,12). The zero-order valence-electron chi connectivity index (χ0n) is 8.60. The van der Waals surface area contributed by atoms with Gasteiger partial charge >= 0.3 is 0 Å². The molecule has 0 unspecified atom stereocenters. The summed E-state index contributed by atoms with van der Waals surface area (Å²) < 4.78 is 0. The number of nitrogens with one attached hydrogen (secondary N) is 1. The van der Waals surface area contributed by atoms with Gasteiger partial charge in [-0.25, -0.2) is 0 Å². The van der Waals surface area contributed by atoms with Crippen molar-refractivity contribution in [3.63, 3.8) is 0 Å². The molecule has 2 nitrogen and oxygen atoms in total. The quantitative estimate of drug-likeness (QED) is 0.394. The average Bonchev–Trinajstić information content (AvgIpc) is 2.12. The first-order valence-corrected chi connectivity index (χ1v) is 7.84. The van der Waals surface area contributed by atoms with Crippen molar-refractivity contribution in [2.24, 2.45) is 0 Å². The highest BCUT2D eigenvalue weighted by Gasteiger charge is 2.14. The Morgan fingerprint density at radius 2 is 2.08 bits per heavy atom. The maximum absolute atomic E-state index is 10.8. The van der Waals surface area contributed by atoms with Crippen molar-refractivity contribution < 1.29 is 4.79 Å². The summed E-state index contributed by atoms with van der Waals surface area (Å²) >= 11 is 0. The first-order chi connectivity index (χ1) is 6.02. The minimum Gasteiger partial charge on any atom is -0.353 e. The molecule has 3 heteroatoms. The first-order valence-electron chi connectivity index (χ1n) is 4.56. The van der Waals surface area contributed by atoms with E-state index in [2.05, 4.69) is 37.3 Å². The predicted octanol–water partition coefficient (Wildman–Crippen LogP) is 2.11. The fourth-order valence-corrected chi connectivity index (χ4v) is 2.22. The molecule has 0 aliphatic carbocycles. The summed E-state index contributed by atoms with van der Waals surface area (Å²) in [5.74, 6) is -0.0851. The van der Waals surface area contributed by atoms with Gasteiger partial charge in [0.25, 0.3) is 0 Å². The molecule has 0 aromatic heterocycles. The van der Waals surface area contributed by atoms with Crippen molar-refractivity contribution in [2.75, 3.05) is 6.54 Å². The van der Waals surface area contributed by atoms with Crippen LogP contribution in [0.3, 0.4) is 0 Å². The highest BCUT2D eigenvalue weighted by molar-refractivity contribution is 6.82. The van der Waals surface area contributed by atoms with E-state index in [4.69, 9.17) is 0 Å². The molecular formula is C10H19NOSi. The molecule has 0 radical (unpaired) electrons. The highest BCUT2D eigenvalue weighted by Crippen LogP contribution is 2.11. The minimum atomic E-state index is -1.17. The average molecular weight is 197 g/mol. The van der Waals surface area contributed by atoms with Crippen LogP contribution in [0.1, 0.15) is 6.42 Å². The maximum atomic E-state index is 10.8. The molecule has 13 heavy (non-hydrogen) atoms. The fourth-order valence-electron chi connectivity index (χ4n) is 0.930. The first kappa shape index (κ1) is 12.2. The highest BCUT2D eigenvalue weighted by atomic mass is 28.3. The van der Waals surface area contributed by atoms with Crippen molar-refractivity contribution in [1.82, 2.24) is 5.32 Å². The second-order valence-electron chi connectivity index (χ2n) is 3.79. The van der Waals surface area contributed by atoms with Gasteiger partial charge in [-0.2, -0.15) is 0 Å². The summed E-state index contributed by atoms with van der Waals surface area (Å²) in [5.41, 5.74) is 2.09. The Labute approximate surface area is 81.7 Å². The van der Waals surface area contributed by atoms with E-state index in [0.717, 1.165) is 13.0 Å². The van der Waals surface area contributed by atoms with E-state index in [-0.39, 0.29) is 5.91 Å². The SMILES string of the molecule is C=CC(=O)NCCC[Si](C)(C)C=C. The van der Waals surface area contributed by atoms with Crippen LogP contribution in [0.4, 0.5) is 0 Å². The van der Waals surface area contributed by atoms with Crippen LogP contribution in [-0.4, -0.2) is 20.5 Å². The molecule has 0 aromatic rings. The van der Waals surface area contributed by atoms with E-state index in [0.29, 0.717) is 0 Å². The molecule has 0 saturated carbocycles. The zero-order valence-corrected chi connectivity index (χ0v) is 9.60. The van der Waals surface area contributed by atoms with Crippen molar-refractivity contribution in [3.05, 3.63) is 24.9 Å². The predicted molar refractivity (Wildman–Crippen MR) is 60.3 cm³/mol. The van der Waals surface area contributed by atoms with Gasteiger partial charge in [-0.15, -0.1) is 12.3 Å². The molecule has 1 N–H and O–H groups in total. The Morgan fingerprint density at radius 1 is 1.46 bits per heavy atom. The summed E-state index contributed by atoms with van der Waals surface area (Å²) in [4.78, 5) is 10.8. The normalized spacial score (nSPS) is 10.6. The molecule has 0 heterocycles. The molecule has 1 amide bonds. The lowest BCUT2D eigenvalue weighted by atomic mass is 10.4. The number of carbonyl (C=O) groups is 1. The smallest absolute Gasteiger partial charge is 0.243 e. The van der Waals surface area contributed by atoms with E-state index in [1.807, 2.05) is 0 Å². The molecular weight excluding hydrogens is 178 g/mol. The van der Waals surface area contributed by atoms with Crippen LogP contribution in [0.5, 0.6) is 0 Å². The fraction of sp³-hybridized carbons (Fsp3) is 0.500. The summed E-state index contributed by atoms with van der Waals surface area (Å²) in [7, 11) is -1.17. The topological polar surface area (TPSA) is 29.1 Å². The second kappa shape index (κ2) is 5.75. The van der Waals surface area contributed by atoms with Gasteiger partial charge in [0, 0.05) is 6.54 Å². The number of hydrogen-bond donors (Lipinski definition) is 1. The number of hydrogen-bond acceptors (Lipinski definition) is 1. The molecule has 0 saturated heterocycles. The van der Waals surface area contributed by atoms with Crippen molar-refractivity contribution in [2.45, 2.75) is 25.6 Å². The summed E-state index contributed by atoms with van der Waals surface area (Å²) in [5, 5.41) is 2.76. The van der Waals surface area contributed by atoms with Crippen LogP contribution >= 0.6 is 0 Å². The Kier molecular flexibility index (Phi) is 5.38. The number of amides is 1. The number of carbonyl (C=O) groups excluding carboxylic acids is 1. The lowest BCUT2D eigenvalue weighted by molar-refractivity contribution is -0.116. The maximum Gasteiger partial charge on any atom is 0.243 e. The van der Waals surface area contributed by atoms with E-state index in [1.54, 1.807) is 0 Å². The van der Waals surface area contributed by atoms with Crippen LogP contribution in [0, 0.1) is 0 Å². The lowest BCUT2D eigenvalue weighted by Gasteiger charge is -2.16. The third kappa shape index (κ3) is 6.34. The molecule has 0 rings (SSSR count). The van der Waals surface area contributed by atoms with E-state index < -0.39 is 8.07 Å². The molecule has 0 spiro atoms. The lowest BCUT2D eigenvalue weighted by Crippen LogP contribution is -2.26. The van der Waals surface area contributed by atoms with Gasteiger partial charge in [0.2, 0.25) is 5.91 Å². The molecule has 0 fully saturated rings. The summed E-state index contributed by atoms with van der Waals surface area (Å²) in [6, 6.07) is 1.17. The Morgan fingerprint density at radius 3 is 2.54 bits per heavy atom. The Hall–Kier alpha value is -0.833. The minimum absolute atomic E-state index is 0.0851. The monoisotopic (exact) mass is 197 g/mol. The summed E-state index contributed by atoms with van der Waals surface area (Å²) in [6.45, 7) is 12.5. The third-order valence-corrected chi connectivity index (χ3v) is 4.78. The molecule has 0 atom stereocenters. The van der Waals surface area contributed by atoms with Crippen LogP contribution in [-0.2, 0) is 4.79 Å². The van der Waals surface area contributed by atoms with Gasteiger partial charge < -0.3 is 5.32 Å².